The highest BCUT2D eigenvalue weighted by Gasteiger charge is 2.21. The minimum atomic E-state index is -0.590. The molecule has 2 aromatic heterocycles. The second-order valence-electron chi connectivity index (χ2n) is 3.07. The molecular formula is C9H4Br2ClNO3S. The number of rotatable bonds is 3. The molecule has 90 valence electrons. The Morgan fingerprint density at radius 1 is 1.47 bits per heavy atom. The zero-order valence-corrected chi connectivity index (χ0v) is 12.8. The van der Waals surface area contributed by atoms with E-state index in [0.717, 1.165) is 13.1 Å². The fourth-order valence-electron chi connectivity index (χ4n) is 1.20. The Labute approximate surface area is 122 Å². The number of alkyl halides is 1. The van der Waals surface area contributed by atoms with Crippen molar-refractivity contribution in [1.82, 2.24) is 0 Å². The third-order valence-electron chi connectivity index (χ3n) is 1.96. The molecule has 4 nitrogen and oxygen atoms in total. The van der Waals surface area contributed by atoms with Gasteiger partial charge in [-0.1, -0.05) is 0 Å². The van der Waals surface area contributed by atoms with E-state index in [1.54, 1.807) is 0 Å². The monoisotopic (exact) mass is 399 g/mol. The molecule has 2 heterocycles. The van der Waals surface area contributed by atoms with E-state index < -0.39 is 10.3 Å². The van der Waals surface area contributed by atoms with Crippen LogP contribution in [0.3, 0.4) is 0 Å². The van der Waals surface area contributed by atoms with Crippen LogP contribution in [0.25, 0.3) is 0 Å². The summed E-state index contributed by atoms with van der Waals surface area (Å²) in [5.74, 6) is 0.0555. The second kappa shape index (κ2) is 5.09. The zero-order chi connectivity index (χ0) is 12.6. The van der Waals surface area contributed by atoms with E-state index >= 15 is 0 Å². The van der Waals surface area contributed by atoms with E-state index in [-0.39, 0.29) is 5.88 Å². The molecule has 0 fully saturated rings. The lowest BCUT2D eigenvalue weighted by Crippen LogP contribution is -1.87. The normalized spacial score (nSPS) is 12.6. The van der Waals surface area contributed by atoms with Gasteiger partial charge in [-0.15, -0.1) is 22.9 Å². The lowest BCUT2D eigenvalue weighted by Gasteiger charge is -2.01. The summed E-state index contributed by atoms with van der Waals surface area (Å²) in [6.07, 6.45) is 0. The minimum absolute atomic E-state index is 0.305. The first-order valence-electron chi connectivity index (χ1n) is 4.32. The van der Waals surface area contributed by atoms with Gasteiger partial charge in [0.05, 0.1) is 9.85 Å². The average molecular weight is 401 g/mol. The van der Waals surface area contributed by atoms with E-state index in [1.165, 1.54) is 23.5 Å². The van der Waals surface area contributed by atoms with Crippen LogP contribution in [0.2, 0.25) is 0 Å². The van der Waals surface area contributed by atoms with Crippen molar-refractivity contribution in [3.8, 4) is 0 Å². The highest BCUT2D eigenvalue weighted by Crippen LogP contribution is 2.41. The molecule has 2 rings (SSSR count). The van der Waals surface area contributed by atoms with E-state index in [2.05, 4.69) is 31.9 Å². The van der Waals surface area contributed by atoms with E-state index in [9.17, 15) is 10.1 Å². The van der Waals surface area contributed by atoms with E-state index in [1.807, 2.05) is 6.07 Å². The minimum Gasteiger partial charge on any atom is -0.404 e. The Bertz CT molecular complexity index is 549. The first-order valence-corrected chi connectivity index (χ1v) is 7.16. The van der Waals surface area contributed by atoms with Crippen LogP contribution in [0.5, 0.6) is 0 Å². The Kier molecular flexibility index (Phi) is 3.92. The molecular weight excluding hydrogens is 397 g/mol. The third-order valence-corrected chi connectivity index (χ3v) is 5.86. The Hall–Kier alpha value is -0.370. The number of halogens is 3. The van der Waals surface area contributed by atoms with Gasteiger partial charge in [0, 0.05) is 9.35 Å². The molecule has 0 aromatic carbocycles. The van der Waals surface area contributed by atoms with Gasteiger partial charge in [-0.25, -0.2) is 0 Å². The fourth-order valence-corrected chi connectivity index (χ4v) is 3.59. The maximum atomic E-state index is 10.5. The first-order chi connectivity index (χ1) is 7.99. The Balaban J connectivity index is 2.30. The molecule has 0 aliphatic heterocycles. The highest BCUT2D eigenvalue weighted by atomic mass is 79.9. The second-order valence-corrected chi connectivity index (χ2v) is 6.76. The van der Waals surface area contributed by atoms with Crippen molar-refractivity contribution in [1.29, 1.82) is 0 Å². The lowest BCUT2D eigenvalue weighted by molar-refractivity contribution is -0.402. The van der Waals surface area contributed by atoms with Crippen LogP contribution in [-0.4, -0.2) is 4.92 Å². The summed E-state index contributed by atoms with van der Waals surface area (Å²) < 4.78 is 6.86. The summed E-state index contributed by atoms with van der Waals surface area (Å²) in [6, 6.07) is 4.65. The Morgan fingerprint density at radius 3 is 2.65 bits per heavy atom. The number of thiophene rings is 1. The maximum Gasteiger partial charge on any atom is 0.433 e. The standard InChI is InChI=1S/C9H4Br2ClNO3S/c10-4-3-6(17-9(4)11)8(12)5-1-2-7(16-5)13(14)15/h1-3,8H. The molecule has 1 atom stereocenters. The summed E-state index contributed by atoms with van der Waals surface area (Å²) in [7, 11) is 0. The molecule has 0 spiro atoms. The number of hydrogen-bond donors (Lipinski definition) is 0. The van der Waals surface area contributed by atoms with Crippen molar-refractivity contribution < 1.29 is 9.34 Å². The molecule has 0 N–H and O–H groups in total. The van der Waals surface area contributed by atoms with Gasteiger partial charge in [-0.05, 0) is 44.0 Å². The molecule has 0 bridgehead atoms. The van der Waals surface area contributed by atoms with Crippen LogP contribution < -0.4 is 0 Å². The number of nitrogens with zero attached hydrogens (tertiary/aromatic N) is 1. The van der Waals surface area contributed by atoms with Crippen molar-refractivity contribution in [2.75, 3.05) is 0 Å². The van der Waals surface area contributed by atoms with Crippen molar-refractivity contribution in [2.24, 2.45) is 0 Å². The third kappa shape index (κ3) is 2.73. The number of nitro groups is 1. The number of hydrogen-bond acceptors (Lipinski definition) is 4. The molecule has 0 aliphatic carbocycles. The highest BCUT2D eigenvalue weighted by molar-refractivity contribution is 9.13. The van der Waals surface area contributed by atoms with Gasteiger partial charge in [0.15, 0.2) is 0 Å². The largest absolute Gasteiger partial charge is 0.433 e. The van der Waals surface area contributed by atoms with Crippen molar-refractivity contribution in [3.63, 3.8) is 0 Å². The molecule has 0 radical (unpaired) electrons. The van der Waals surface area contributed by atoms with Crippen molar-refractivity contribution in [2.45, 2.75) is 5.38 Å². The average Bonchev–Trinajstić information content (AvgIpc) is 2.86. The summed E-state index contributed by atoms with van der Waals surface area (Å²) >= 11 is 14.3. The van der Waals surface area contributed by atoms with E-state index in [4.69, 9.17) is 16.0 Å². The van der Waals surface area contributed by atoms with Crippen molar-refractivity contribution in [3.05, 3.63) is 47.2 Å². The zero-order valence-electron chi connectivity index (χ0n) is 8.02. The molecule has 8 heteroatoms. The van der Waals surface area contributed by atoms with E-state index in [0.29, 0.717) is 5.76 Å². The number of furan rings is 1. The van der Waals surface area contributed by atoms with Crippen LogP contribution in [0, 0.1) is 10.1 Å². The van der Waals surface area contributed by atoms with Gasteiger partial charge < -0.3 is 4.42 Å². The molecule has 1 unspecified atom stereocenters. The fraction of sp³-hybridized carbons (Fsp3) is 0.111. The van der Waals surface area contributed by atoms with Crippen LogP contribution >= 0.6 is 54.8 Å². The molecule has 0 aliphatic rings. The Morgan fingerprint density at radius 2 is 2.18 bits per heavy atom. The van der Waals surface area contributed by atoms with Crippen LogP contribution in [-0.2, 0) is 0 Å². The topological polar surface area (TPSA) is 56.3 Å². The van der Waals surface area contributed by atoms with Gasteiger partial charge in [0.1, 0.15) is 16.1 Å². The van der Waals surface area contributed by atoms with Crippen LogP contribution in [0.15, 0.2) is 30.9 Å². The maximum absolute atomic E-state index is 10.5. The molecule has 0 saturated heterocycles. The smallest absolute Gasteiger partial charge is 0.404 e. The van der Waals surface area contributed by atoms with Gasteiger partial charge in [0.2, 0.25) is 0 Å². The first kappa shape index (κ1) is 13.1. The van der Waals surface area contributed by atoms with Gasteiger partial charge in [-0.3, -0.25) is 10.1 Å². The lowest BCUT2D eigenvalue weighted by atomic mass is 10.3. The molecule has 17 heavy (non-hydrogen) atoms. The van der Waals surface area contributed by atoms with Crippen LogP contribution in [0.4, 0.5) is 5.88 Å². The van der Waals surface area contributed by atoms with Gasteiger partial charge >= 0.3 is 5.88 Å². The molecule has 0 saturated carbocycles. The van der Waals surface area contributed by atoms with Crippen LogP contribution in [0.1, 0.15) is 16.0 Å². The molecule has 0 amide bonds. The predicted molar refractivity (Wildman–Crippen MR) is 72.8 cm³/mol. The van der Waals surface area contributed by atoms with Gasteiger partial charge in [0.25, 0.3) is 0 Å². The summed E-state index contributed by atoms with van der Waals surface area (Å²) in [5.41, 5.74) is 0. The predicted octanol–water partition coefficient (Wildman–Crippen LogP) is 5.10. The summed E-state index contributed by atoms with van der Waals surface area (Å²) in [6.45, 7) is 0. The van der Waals surface area contributed by atoms with Gasteiger partial charge in [-0.2, -0.15) is 0 Å². The summed E-state index contributed by atoms with van der Waals surface area (Å²) in [4.78, 5) is 10.7. The van der Waals surface area contributed by atoms with Crippen molar-refractivity contribution >= 4 is 60.7 Å². The molecule has 2 aromatic rings. The quantitative estimate of drug-likeness (QED) is 0.408. The summed E-state index contributed by atoms with van der Waals surface area (Å²) in [5, 5.41) is 9.96. The SMILES string of the molecule is O=[N+]([O-])c1ccc(C(Cl)c2cc(Br)c(Br)s2)o1.